The van der Waals surface area contributed by atoms with E-state index < -0.39 is 21.8 Å². The molecule has 0 aliphatic heterocycles. The van der Waals surface area contributed by atoms with E-state index in [-0.39, 0.29) is 17.3 Å². The van der Waals surface area contributed by atoms with Crippen LogP contribution < -0.4 is 5.32 Å². The first-order valence-electron chi connectivity index (χ1n) is 7.49. The van der Waals surface area contributed by atoms with E-state index in [9.17, 15) is 18.0 Å². The van der Waals surface area contributed by atoms with E-state index in [1.807, 2.05) is 0 Å². The van der Waals surface area contributed by atoms with Crippen LogP contribution in [0.5, 0.6) is 0 Å². The standard InChI is InChI=1S/C16H18ClN3O4S2/c1-19(10-14(21)18-13-7-5-12(17)6-8-13)15(22)11-20(2)26(23,24)16-4-3-9-25-16/h3-9H,10-11H2,1-2H3,(H,18,21). The summed E-state index contributed by atoms with van der Waals surface area (Å²) in [6.45, 7) is -0.556. The lowest BCUT2D eigenvalue weighted by Gasteiger charge is -2.21. The molecule has 1 N–H and O–H groups in total. The second-order valence-corrected chi connectivity index (χ2v) is 9.15. The zero-order valence-corrected chi connectivity index (χ0v) is 16.6. The molecule has 1 aromatic carbocycles. The van der Waals surface area contributed by atoms with Gasteiger partial charge in [0, 0.05) is 24.8 Å². The first kappa shape index (κ1) is 20.4. The average Bonchev–Trinajstić information content (AvgIpc) is 3.12. The van der Waals surface area contributed by atoms with E-state index in [4.69, 9.17) is 11.6 Å². The summed E-state index contributed by atoms with van der Waals surface area (Å²) in [6.07, 6.45) is 0. The summed E-state index contributed by atoms with van der Waals surface area (Å²) in [6, 6.07) is 9.66. The van der Waals surface area contributed by atoms with Crippen LogP contribution in [0, 0.1) is 0 Å². The maximum atomic E-state index is 12.3. The van der Waals surface area contributed by atoms with Gasteiger partial charge in [0.2, 0.25) is 11.8 Å². The van der Waals surface area contributed by atoms with Crippen molar-refractivity contribution in [2.45, 2.75) is 4.21 Å². The number of hydrogen-bond acceptors (Lipinski definition) is 5. The Morgan fingerprint density at radius 2 is 1.77 bits per heavy atom. The fourth-order valence-electron chi connectivity index (χ4n) is 2.00. The first-order valence-corrected chi connectivity index (χ1v) is 10.2. The molecule has 140 valence electrons. The second kappa shape index (κ2) is 8.63. The van der Waals surface area contributed by atoms with Gasteiger partial charge in [0.25, 0.3) is 10.0 Å². The topological polar surface area (TPSA) is 86.8 Å². The highest BCUT2D eigenvalue weighted by Gasteiger charge is 2.25. The molecule has 0 radical (unpaired) electrons. The number of carbonyl (C=O) groups is 2. The number of carbonyl (C=O) groups excluding carboxylic acids is 2. The van der Waals surface area contributed by atoms with Gasteiger partial charge in [0.1, 0.15) is 4.21 Å². The van der Waals surface area contributed by atoms with E-state index in [2.05, 4.69) is 5.32 Å². The van der Waals surface area contributed by atoms with Crippen molar-refractivity contribution >= 4 is 50.5 Å². The normalized spacial score (nSPS) is 11.4. The van der Waals surface area contributed by atoms with Gasteiger partial charge < -0.3 is 10.2 Å². The number of rotatable bonds is 7. The molecule has 0 spiro atoms. The molecular weight excluding hydrogens is 398 g/mol. The number of benzene rings is 1. The Morgan fingerprint density at radius 1 is 1.12 bits per heavy atom. The number of halogens is 1. The van der Waals surface area contributed by atoms with Gasteiger partial charge >= 0.3 is 0 Å². The van der Waals surface area contributed by atoms with Crippen LogP contribution in [-0.4, -0.2) is 56.6 Å². The number of sulfonamides is 1. The van der Waals surface area contributed by atoms with Gasteiger partial charge in [-0.1, -0.05) is 17.7 Å². The minimum atomic E-state index is -3.71. The van der Waals surface area contributed by atoms with Crippen molar-refractivity contribution in [1.29, 1.82) is 0 Å². The molecule has 2 rings (SSSR count). The Hall–Kier alpha value is -1.94. The third kappa shape index (κ3) is 5.28. The fourth-order valence-corrected chi connectivity index (χ4v) is 4.44. The number of hydrogen-bond donors (Lipinski definition) is 1. The SMILES string of the molecule is CN(CC(=O)Nc1ccc(Cl)cc1)C(=O)CN(C)S(=O)(=O)c1cccs1. The fraction of sp³-hybridized carbons (Fsp3) is 0.250. The largest absolute Gasteiger partial charge is 0.335 e. The van der Waals surface area contributed by atoms with Crippen molar-refractivity contribution in [2.75, 3.05) is 32.5 Å². The van der Waals surface area contributed by atoms with Crippen LogP contribution in [0.25, 0.3) is 0 Å². The number of amides is 2. The molecule has 0 aliphatic rings. The Labute approximate surface area is 161 Å². The monoisotopic (exact) mass is 415 g/mol. The van der Waals surface area contributed by atoms with Gasteiger partial charge in [-0.2, -0.15) is 4.31 Å². The van der Waals surface area contributed by atoms with Crippen molar-refractivity contribution in [2.24, 2.45) is 0 Å². The molecule has 0 aliphatic carbocycles. The Balaban J connectivity index is 1.90. The van der Waals surface area contributed by atoms with Crippen molar-refractivity contribution in [3.63, 3.8) is 0 Å². The van der Waals surface area contributed by atoms with Crippen molar-refractivity contribution < 1.29 is 18.0 Å². The van der Waals surface area contributed by atoms with Crippen LogP contribution in [0.2, 0.25) is 5.02 Å². The van der Waals surface area contributed by atoms with Gasteiger partial charge in [-0.25, -0.2) is 8.42 Å². The Morgan fingerprint density at radius 3 is 2.35 bits per heavy atom. The van der Waals surface area contributed by atoms with Crippen molar-refractivity contribution in [3.8, 4) is 0 Å². The molecule has 2 aromatic rings. The van der Waals surface area contributed by atoms with E-state index in [1.165, 1.54) is 25.1 Å². The average molecular weight is 416 g/mol. The van der Waals surface area contributed by atoms with Crippen LogP contribution in [0.15, 0.2) is 46.0 Å². The quantitative estimate of drug-likeness (QED) is 0.750. The van der Waals surface area contributed by atoms with Crippen molar-refractivity contribution in [1.82, 2.24) is 9.21 Å². The summed E-state index contributed by atoms with van der Waals surface area (Å²) in [5.74, 6) is -0.883. The number of nitrogens with one attached hydrogen (secondary N) is 1. The van der Waals surface area contributed by atoms with Gasteiger partial charge in [0.15, 0.2) is 0 Å². The van der Waals surface area contributed by atoms with Crippen LogP contribution in [0.4, 0.5) is 5.69 Å². The van der Waals surface area contributed by atoms with E-state index >= 15 is 0 Å². The molecule has 0 fully saturated rings. The predicted octanol–water partition coefficient (Wildman–Crippen LogP) is 2.12. The van der Waals surface area contributed by atoms with Crippen molar-refractivity contribution in [3.05, 3.63) is 46.8 Å². The Bertz CT molecular complexity index is 867. The molecule has 7 nitrogen and oxygen atoms in total. The Kier molecular flexibility index (Phi) is 6.76. The smallest absolute Gasteiger partial charge is 0.252 e. The maximum Gasteiger partial charge on any atom is 0.252 e. The summed E-state index contributed by atoms with van der Waals surface area (Å²) < 4.78 is 25.8. The highest BCUT2D eigenvalue weighted by Crippen LogP contribution is 2.19. The highest BCUT2D eigenvalue weighted by molar-refractivity contribution is 7.91. The predicted molar refractivity (Wildman–Crippen MR) is 102 cm³/mol. The molecule has 26 heavy (non-hydrogen) atoms. The van der Waals surface area contributed by atoms with Gasteiger partial charge in [-0.05, 0) is 35.7 Å². The lowest BCUT2D eigenvalue weighted by Crippen LogP contribution is -2.42. The summed E-state index contributed by atoms with van der Waals surface area (Å²) in [5, 5.41) is 4.83. The van der Waals surface area contributed by atoms with Gasteiger partial charge in [-0.15, -0.1) is 11.3 Å². The summed E-state index contributed by atoms with van der Waals surface area (Å²) >= 11 is 6.86. The second-order valence-electron chi connectivity index (χ2n) is 5.50. The summed E-state index contributed by atoms with van der Waals surface area (Å²) in [4.78, 5) is 25.4. The molecule has 0 atom stereocenters. The highest BCUT2D eigenvalue weighted by atomic mass is 35.5. The zero-order valence-electron chi connectivity index (χ0n) is 14.2. The molecule has 2 amide bonds. The molecule has 1 heterocycles. The lowest BCUT2D eigenvalue weighted by atomic mass is 10.3. The molecular formula is C16H18ClN3O4S2. The summed E-state index contributed by atoms with van der Waals surface area (Å²) in [5.41, 5.74) is 0.553. The maximum absolute atomic E-state index is 12.3. The number of thiophene rings is 1. The van der Waals surface area contributed by atoms with Gasteiger partial charge in [0.05, 0.1) is 13.1 Å². The van der Waals surface area contributed by atoms with Crippen LogP contribution in [0.1, 0.15) is 0 Å². The van der Waals surface area contributed by atoms with E-state index in [0.29, 0.717) is 10.7 Å². The van der Waals surface area contributed by atoms with Gasteiger partial charge in [-0.3, -0.25) is 9.59 Å². The van der Waals surface area contributed by atoms with Crippen LogP contribution in [-0.2, 0) is 19.6 Å². The molecule has 1 aromatic heterocycles. The molecule has 0 unspecified atom stereocenters. The van der Waals surface area contributed by atoms with Crippen LogP contribution >= 0.6 is 22.9 Å². The summed E-state index contributed by atoms with van der Waals surface area (Å²) in [7, 11) is -0.946. The van der Waals surface area contributed by atoms with E-state index in [0.717, 1.165) is 15.6 Å². The molecule has 0 saturated heterocycles. The minimum Gasteiger partial charge on any atom is -0.335 e. The third-order valence-electron chi connectivity index (χ3n) is 3.45. The lowest BCUT2D eigenvalue weighted by molar-refractivity contribution is -0.133. The minimum absolute atomic E-state index is 0.163. The molecule has 0 bridgehead atoms. The number of nitrogens with zero attached hydrogens (tertiary/aromatic N) is 2. The number of anilines is 1. The molecule has 10 heteroatoms. The third-order valence-corrected chi connectivity index (χ3v) is 6.88. The van der Waals surface area contributed by atoms with E-state index in [1.54, 1.807) is 35.7 Å². The van der Waals surface area contributed by atoms with Crippen LogP contribution in [0.3, 0.4) is 0 Å². The number of likely N-dealkylation sites (N-methyl/N-ethyl adjacent to an activating group) is 2. The molecule has 0 saturated carbocycles. The zero-order chi connectivity index (χ0) is 19.3. The first-order chi connectivity index (χ1) is 12.2.